The molecule has 0 bridgehead atoms. The van der Waals surface area contributed by atoms with Gasteiger partial charge in [0, 0.05) is 30.3 Å². The number of esters is 2. The Morgan fingerprint density at radius 1 is 1.05 bits per heavy atom. The molecule has 0 saturated heterocycles. The molecule has 1 heterocycles. The number of ether oxygens (including phenoxy) is 3. The number of fused-ring (bicyclic) bond motifs is 5. The lowest BCUT2D eigenvalue weighted by molar-refractivity contribution is -0.204. The summed E-state index contributed by atoms with van der Waals surface area (Å²) in [6.07, 6.45) is 8.66. The van der Waals surface area contributed by atoms with Crippen LogP contribution in [0.2, 0.25) is 0 Å². The highest BCUT2D eigenvalue weighted by Crippen LogP contribution is 2.72. The molecule has 1 aliphatic heterocycles. The molecule has 7 nitrogen and oxygen atoms in total. The number of carbonyl (C=O) groups excluding carboxylic acids is 3. The van der Waals surface area contributed by atoms with Crippen LogP contribution in [0.25, 0.3) is 0 Å². The van der Waals surface area contributed by atoms with Crippen molar-refractivity contribution in [3.8, 4) is 0 Å². The van der Waals surface area contributed by atoms with Crippen molar-refractivity contribution in [3.63, 3.8) is 0 Å². The van der Waals surface area contributed by atoms with Gasteiger partial charge in [0.15, 0.2) is 5.78 Å². The predicted octanol–water partition coefficient (Wildman–Crippen LogP) is 4.64. The van der Waals surface area contributed by atoms with Crippen LogP contribution < -0.4 is 0 Å². The maximum Gasteiger partial charge on any atom is 0.305 e. The molecule has 9 atom stereocenters. The Bertz CT molecular complexity index is 1130. The summed E-state index contributed by atoms with van der Waals surface area (Å²) >= 11 is 0. The van der Waals surface area contributed by atoms with Gasteiger partial charge < -0.3 is 14.6 Å². The van der Waals surface area contributed by atoms with Gasteiger partial charge in [-0.15, -0.1) is 0 Å². The summed E-state index contributed by atoms with van der Waals surface area (Å²) in [5.41, 5.74) is 0.597. The van der Waals surface area contributed by atoms with Crippen molar-refractivity contribution >= 4 is 17.7 Å². The maximum absolute atomic E-state index is 12.8. The van der Waals surface area contributed by atoms with E-state index in [0.717, 1.165) is 24.8 Å². The maximum atomic E-state index is 12.8. The highest BCUT2D eigenvalue weighted by molar-refractivity contribution is 5.95. The minimum Gasteiger partial charge on any atom is -0.432 e. The average Bonchev–Trinajstić information content (AvgIpc) is 3.33. The van der Waals surface area contributed by atoms with Crippen LogP contribution in [0.5, 0.6) is 0 Å². The third-order valence-electron chi connectivity index (χ3n) is 10.8. The van der Waals surface area contributed by atoms with Crippen LogP contribution in [0.1, 0.15) is 74.1 Å². The standard InChI is InChI=1S/C30H40O7/c1-16(31)35-25-14-18(26(37-25)36-17(2)32)19-8-9-20-28(19,5)12-10-21-29(6)13-11-23(33)27(3,4)22(29)15-24(34)30(20,21)7/h9,11,13-14,19,21-22,24-26,34H,8,10,12,15H2,1-7H3/t19-,21+,22+,24+,25-,26-,28-,29+,30-/m0/s1. The smallest absolute Gasteiger partial charge is 0.305 e. The van der Waals surface area contributed by atoms with E-state index < -0.39 is 41.5 Å². The zero-order chi connectivity index (χ0) is 27.1. The van der Waals surface area contributed by atoms with Gasteiger partial charge in [-0.05, 0) is 66.4 Å². The highest BCUT2D eigenvalue weighted by atomic mass is 16.8. The largest absolute Gasteiger partial charge is 0.432 e. The summed E-state index contributed by atoms with van der Waals surface area (Å²) in [5.74, 6) is -0.557. The van der Waals surface area contributed by atoms with Crippen molar-refractivity contribution in [1.82, 2.24) is 0 Å². The zero-order valence-corrected chi connectivity index (χ0v) is 23.0. The summed E-state index contributed by atoms with van der Waals surface area (Å²) in [6, 6.07) is 0. The van der Waals surface area contributed by atoms with Crippen LogP contribution in [0.4, 0.5) is 0 Å². The minimum absolute atomic E-state index is 0.0113. The van der Waals surface area contributed by atoms with Gasteiger partial charge in [0.25, 0.3) is 0 Å². The van der Waals surface area contributed by atoms with Crippen molar-refractivity contribution in [3.05, 3.63) is 35.5 Å². The molecule has 0 unspecified atom stereocenters. The van der Waals surface area contributed by atoms with Crippen LogP contribution in [0, 0.1) is 39.4 Å². The fourth-order valence-corrected chi connectivity index (χ4v) is 9.00. The van der Waals surface area contributed by atoms with Crippen molar-refractivity contribution in [2.75, 3.05) is 0 Å². The van der Waals surface area contributed by atoms with E-state index >= 15 is 0 Å². The fourth-order valence-electron chi connectivity index (χ4n) is 9.00. The monoisotopic (exact) mass is 512 g/mol. The molecule has 0 amide bonds. The van der Waals surface area contributed by atoms with Crippen LogP contribution in [-0.4, -0.2) is 41.5 Å². The van der Waals surface area contributed by atoms with E-state index in [0.29, 0.717) is 6.42 Å². The number of hydrogen-bond acceptors (Lipinski definition) is 7. The number of hydrogen-bond donors (Lipinski definition) is 1. The Morgan fingerprint density at radius 3 is 2.38 bits per heavy atom. The quantitative estimate of drug-likeness (QED) is 0.434. The Balaban J connectivity index is 1.52. The molecule has 5 aliphatic rings. The topological polar surface area (TPSA) is 99.1 Å². The van der Waals surface area contributed by atoms with Crippen LogP contribution in [-0.2, 0) is 28.6 Å². The van der Waals surface area contributed by atoms with Crippen LogP contribution in [0.3, 0.4) is 0 Å². The van der Waals surface area contributed by atoms with E-state index in [9.17, 15) is 19.5 Å². The van der Waals surface area contributed by atoms with E-state index in [4.69, 9.17) is 14.2 Å². The number of rotatable bonds is 3. The van der Waals surface area contributed by atoms with Gasteiger partial charge in [0.1, 0.15) is 0 Å². The Hall–Kier alpha value is -2.25. The lowest BCUT2D eigenvalue weighted by atomic mass is 9.38. The Labute approximate surface area is 219 Å². The number of aliphatic hydroxyl groups excluding tert-OH is 1. The molecule has 0 aromatic rings. The predicted molar refractivity (Wildman–Crippen MR) is 136 cm³/mol. The van der Waals surface area contributed by atoms with E-state index in [-0.39, 0.29) is 34.4 Å². The van der Waals surface area contributed by atoms with Crippen LogP contribution in [0.15, 0.2) is 35.5 Å². The normalized spacial score (nSPS) is 45.8. The Morgan fingerprint density at radius 2 is 1.73 bits per heavy atom. The molecule has 2 fully saturated rings. The Kier molecular flexibility index (Phi) is 5.97. The molecule has 0 radical (unpaired) electrons. The summed E-state index contributed by atoms with van der Waals surface area (Å²) in [5, 5.41) is 11.8. The minimum atomic E-state index is -0.909. The molecule has 4 aliphatic carbocycles. The molecule has 37 heavy (non-hydrogen) atoms. The molecular formula is C30H40O7. The van der Waals surface area contributed by atoms with Gasteiger partial charge in [-0.1, -0.05) is 52.3 Å². The van der Waals surface area contributed by atoms with Crippen molar-refractivity contribution in [1.29, 1.82) is 0 Å². The first kappa shape index (κ1) is 26.4. The van der Waals surface area contributed by atoms with Gasteiger partial charge in [-0.3, -0.25) is 19.1 Å². The zero-order valence-electron chi connectivity index (χ0n) is 23.0. The number of carbonyl (C=O) groups is 3. The van der Waals surface area contributed by atoms with E-state index in [1.165, 1.54) is 19.4 Å². The van der Waals surface area contributed by atoms with Crippen molar-refractivity contribution in [2.24, 2.45) is 39.4 Å². The highest BCUT2D eigenvalue weighted by Gasteiger charge is 2.67. The molecule has 1 N–H and O–H groups in total. The molecule has 0 spiro atoms. The molecule has 0 aromatic carbocycles. The van der Waals surface area contributed by atoms with Crippen LogP contribution >= 0.6 is 0 Å². The first-order valence-electron chi connectivity index (χ1n) is 13.5. The SMILES string of the molecule is CC(=O)O[C@@H]1C=C([C@@H]2CC=C3[C@]4(C)[C@H](O)C[C@@H]5C(C)(C)C(=O)C=C[C@]5(C)[C@H]4CC[C@]32C)[C@@H](OC(C)=O)O1. The second-order valence-electron chi connectivity index (χ2n) is 13.0. The van der Waals surface area contributed by atoms with Gasteiger partial charge in [-0.25, -0.2) is 0 Å². The summed E-state index contributed by atoms with van der Waals surface area (Å²) < 4.78 is 16.6. The number of ketones is 1. The van der Waals surface area contributed by atoms with Crippen molar-refractivity contribution in [2.45, 2.75) is 92.8 Å². The third-order valence-corrected chi connectivity index (χ3v) is 10.8. The second kappa shape index (κ2) is 8.37. The van der Waals surface area contributed by atoms with Gasteiger partial charge in [0.2, 0.25) is 12.6 Å². The lowest BCUT2D eigenvalue weighted by Gasteiger charge is -2.66. The average molecular weight is 513 g/mol. The third kappa shape index (κ3) is 3.63. The molecule has 0 aromatic heterocycles. The first-order valence-corrected chi connectivity index (χ1v) is 13.5. The molecular weight excluding hydrogens is 472 g/mol. The lowest BCUT2D eigenvalue weighted by Crippen LogP contribution is -2.63. The van der Waals surface area contributed by atoms with Gasteiger partial charge in [0.05, 0.1) is 6.10 Å². The molecule has 2 saturated carbocycles. The summed E-state index contributed by atoms with van der Waals surface area (Å²) in [4.78, 5) is 36.3. The van der Waals surface area contributed by atoms with Gasteiger partial charge in [-0.2, -0.15) is 0 Å². The molecule has 202 valence electrons. The summed E-state index contributed by atoms with van der Waals surface area (Å²) in [7, 11) is 0. The number of allylic oxidation sites excluding steroid dienone is 3. The van der Waals surface area contributed by atoms with E-state index in [2.05, 4.69) is 32.9 Å². The van der Waals surface area contributed by atoms with E-state index in [1.807, 2.05) is 13.8 Å². The molecule has 7 heteroatoms. The summed E-state index contributed by atoms with van der Waals surface area (Å²) in [6.45, 7) is 13.4. The number of aliphatic hydroxyl groups is 1. The second-order valence-corrected chi connectivity index (χ2v) is 13.0. The molecule has 5 rings (SSSR count). The van der Waals surface area contributed by atoms with Crippen molar-refractivity contribution < 1.29 is 33.7 Å². The van der Waals surface area contributed by atoms with Gasteiger partial charge >= 0.3 is 11.9 Å². The first-order chi connectivity index (χ1) is 17.2. The fraction of sp³-hybridized carbons (Fsp3) is 0.700. The van der Waals surface area contributed by atoms with E-state index in [1.54, 1.807) is 12.2 Å².